The van der Waals surface area contributed by atoms with Gasteiger partial charge < -0.3 is 16.8 Å². The number of nitrogens with one attached hydrogen (secondary N) is 1. The van der Waals surface area contributed by atoms with Crippen LogP contribution in [0.2, 0.25) is 0 Å². The highest BCUT2D eigenvalue weighted by molar-refractivity contribution is 7.93. The van der Waals surface area contributed by atoms with Gasteiger partial charge in [-0.1, -0.05) is 0 Å². The van der Waals surface area contributed by atoms with Crippen molar-refractivity contribution in [3.63, 3.8) is 0 Å². The first kappa shape index (κ1) is 18.8. The number of carbonyl (C=O) groups excluding carboxylic acids is 1. The Hall–Kier alpha value is -2.00. The molecule has 1 aromatic carbocycles. The summed E-state index contributed by atoms with van der Waals surface area (Å²) >= 11 is 0. The van der Waals surface area contributed by atoms with Gasteiger partial charge in [-0.05, 0) is 51.8 Å². The standard InChI is InChI=1S/C17H23FN4O3S/c1-15(2)13(19)22-16(3,9-26(15,24)25)11-8-10(4-5-12(11)18)21-14(23)17(20)6-7-17/h4-5,8H,6-7,9,20H2,1-3H3,(H2,19,22)(H,21,23)/t16-/m0/s1. The number of nitrogens with two attached hydrogens (primary N) is 2. The van der Waals surface area contributed by atoms with Gasteiger partial charge in [-0.2, -0.15) is 0 Å². The van der Waals surface area contributed by atoms with Gasteiger partial charge >= 0.3 is 0 Å². The van der Waals surface area contributed by atoms with Crippen LogP contribution in [-0.2, 0) is 20.2 Å². The van der Waals surface area contributed by atoms with Gasteiger partial charge in [0, 0.05) is 11.3 Å². The number of halogens is 1. The van der Waals surface area contributed by atoms with Gasteiger partial charge in [-0.15, -0.1) is 0 Å². The Morgan fingerprint density at radius 3 is 2.42 bits per heavy atom. The van der Waals surface area contributed by atoms with Crippen LogP contribution >= 0.6 is 0 Å². The summed E-state index contributed by atoms with van der Waals surface area (Å²) < 4.78 is 38.5. The summed E-state index contributed by atoms with van der Waals surface area (Å²) in [5.74, 6) is -1.42. The van der Waals surface area contributed by atoms with E-state index in [1.807, 2.05) is 0 Å². The molecule has 1 aromatic rings. The Kier molecular flexibility index (Phi) is 3.97. The zero-order valence-electron chi connectivity index (χ0n) is 15.0. The van der Waals surface area contributed by atoms with Gasteiger partial charge in [0.1, 0.15) is 21.9 Å². The van der Waals surface area contributed by atoms with Crippen LogP contribution in [-0.4, -0.2) is 36.2 Å². The third-order valence-corrected chi connectivity index (χ3v) is 7.98. The van der Waals surface area contributed by atoms with E-state index in [-0.39, 0.29) is 23.1 Å². The molecule has 1 heterocycles. The van der Waals surface area contributed by atoms with Gasteiger partial charge in [-0.25, -0.2) is 12.8 Å². The van der Waals surface area contributed by atoms with Crippen LogP contribution in [0, 0.1) is 5.82 Å². The first-order valence-corrected chi connectivity index (χ1v) is 9.94. The molecule has 0 radical (unpaired) electrons. The summed E-state index contributed by atoms with van der Waals surface area (Å²) in [5, 5.41) is 2.66. The zero-order valence-corrected chi connectivity index (χ0v) is 15.8. The average molecular weight is 382 g/mol. The minimum Gasteiger partial charge on any atom is -0.386 e. The highest BCUT2D eigenvalue weighted by Crippen LogP contribution is 2.39. The molecule has 9 heteroatoms. The molecule has 0 bridgehead atoms. The molecule has 5 N–H and O–H groups in total. The first-order valence-electron chi connectivity index (χ1n) is 8.29. The maximum absolute atomic E-state index is 14.5. The normalized spacial score (nSPS) is 28.1. The van der Waals surface area contributed by atoms with Crippen LogP contribution in [0.1, 0.15) is 39.2 Å². The van der Waals surface area contributed by atoms with Crippen molar-refractivity contribution in [1.29, 1.82) is 0 Å². The van der Waals surface area contributed by atoms with Gasteiger partial charge in [0.2, 0.25) is 5.91 Å². The number of carbonyl (C=O) groups is 1. The van der Waals surface area contributed by atoms with Crippen molar-refractivity contribution in [2.45, 2.75) is 49.4 Å². The highest BCUT2D eigenvalue weighted by atomic mass is 32.2. The number of rotatable bonds is 3. The second-order valence-corrected chi connectivity index (χ2v) is 10.4. The largest absolute Gasteiger partial charge is 0.386 e. The van der Waals surface area contributed by atoms with Gasteiger partial charge in [0.05, 0.1) is 11.3 Å². The van der Waals surface area contributed by atoms with E-state index >= 15 is 0 Å². The number of amides is 1. The number of nitrogens with zero attached hydrogens (tertiary/aromatic N) is 1. The van der Waals surface area contributed by atoms with E-state index in [1.165, 1.54) is 39.0 Å². The molecule has 1 aliphatic heterocycles. The van der Waals surface area contributed by atoms with Crippen LogP contribution in [0.15, 0.2) is 23.2 Å². The predicted octanol–water partition coefficient (Wildman–Crippen LogP) is 1.03. The molecule has 0 aromatic heterocycles. The van der Waals surface area contributed by atoms with Crippen molar-refractivity contribution in [2.24, 2.45) is 16.5 Å². The Labute approximate surface area is 152 Å². The van der Waals surface area contributed by atoms with E-state index in [1.54, 1.807) is 0 Å². The SMILES string of the molecule is CC1(C)C(N)=N[C@](C)(c2cc(NC(=O)C3(N)CC3)ccc2F)CS1(=O)=O. The molecule has 0 unspecified atom stereocenters. The van der Waals surface area contributed by atoms with Crippen LogP contribution in [0.4, 0.5) is 10.1 Å². The first-order chi connectivity index (χ1) is 11.8. The molecular formula is C17H23FN4O3S. The molecule has 1 saturated carbocycles. The average Bonchev–Trinajstić information content (AvgIpc) is 3.26. The molecule has 7 nitrogen and oxygen atoms in total. The van der Waals surface area contributed by atoms with Crippen LogP contribution < -0.4 is 16.8 Å². The van der Waals surface area contributed by atoms with Gasteiger partial charge in [0.25, 0.3) is 0 Å². The molecule has 1 atom stereocenters. The van der Waals surface area contributed by atoms with E-state index < -0.39 is 31.5 Å². The lowest BCUT2D eigenvalue weighted by Crippen LogP contribution is -2.55. The van der Waals surface area contributed by atoms with Crippen molar-refractivity contribution in [3.05, 3.63) is 29.6 Å². The summed E-state index contributed by atoms with van der Waals surface area (Å²) in [4.78, 5) is 16.4. The lowest BCUT2D eigenvalue weighted by atomic mass is 9.92. The van der Waals surface area contributed by atoms with E-state index in [9.17, 15) is 17.6 Å². The lowest BCUT2D eigenvalue weighted by molar-refractivity contribution is -0.118. The molecule has 3 rings (SSSR count). The highest BCUT2D eigenvalue weighted by Gasteiger charge is 2.50. The molecule has 0 spiro atoms. The maximum Gasteiger partial charge on any atom is 0.244 e. The minimum absolute atomic E-state index is 0.0548. The molecular weight excluding hydrogens is 359 g/mol. The number of hydrogen-bond donors (Lipinski definition) is 3. The molecule has 1 amide bonds. The number of sulfone groups is 1. The topological polar surface area (TPSA) is 128 Å². The van der Waals surface area contributed by atoms with Gasteiger partial charge in [0.15, 0.2) is 9.84 Å². The Bertz CT molecular complexity index is 922. The molecule has 1 fully saturated rings. The number of hydrogen-bond acceptors (Lipinski definition) is 6. The fraction of sp³-hybridized carbons (Fsp3) is 0.529. The number of aliphatic imine (C=N–C) groups is 1. The summed E-state index contributed by atoms with van der Waals surface area (Å²) in [6, 6.07) is 3.97. The quantitative estimate of drug-likeness (QED) is 0.719. The smallest absolute Gasteiger partial charge is 0.244 e. The second-order valence-electron chi connectivity index (χ2n) is 7.85. The molecule has 1 aliphatic carbocycles. The van der Waals surface area contributed by atoms with Crippen molar-refractivity contribution >= 4 is 27.3 Å². The van der Waals surface area contributed by atoms with E-state index in [2.05, 4.69) is 10.3 Å². The Morgan fingerprint density at radius 2 is 1.88 bits per heavy atom. The third-order valence-electron chi connectivity index (χ3n) is 5.28. The summed E-state index contributed by atoms with van der Waals surface area (Å²) in [6.45, 7) is 4.47. The van der Waals surface area contributed by atoms with Crippen LogP contribution in [0.5, 0.6) is 0 Å². The van der Waals surface area contributed by atoms with Gasteiger partial charge in [-0.3, -0.25) is 9.79 Å². The number of amidine groups is 1. The van der Waals surface area contributed by atoms with Crippen LogP contribution in [0.25, 0.3) is 0 Å². The summed E-state index contributed by atoms with van der Waals surface area (Å²) in [7, 11) is -3.66. The Balaban J connectivity index is 2.02. The molecule has 2 aliphatic rings. The fourth-order valence-corrected chi connectivity index (χ4v) is 4.60. The van der Waals surface area contributed by atoms with Crippen molar-refractivity contribution < 1.29 is 17.6 Å². The second kappa shape index (κ2) is 5.50. The van der Waals surface area contributed by atoms with Crippen molar-refractivity contribution in [3.8, 4) is 0 Å². The number of anilines is 1. The number of benzene rings is 1. The maximum atomic E-state index is 14.5. The van der Waals surface area contributed by atoms with E-state index in [4.69, 9.17) is 11.5 Å². The molecule has 26 heavy (non-hydrogen) atoms. The third kappa shape index (κ3) is 2.88. The summed E-state index contributed by atoms with van der Waals surface area (Å²) in [6.07, 6.45) is 1.19. The van der Waals surface area contributed by atoms with Crippen molar-refractivity contribution in [1.82, 2.24) is 0 Å². The molecule has 0 saturated heterocycles. The molecule has 142 valence electrons. The fourth-order valence-electron chi connectivity index (χ4n) is 2.91. The Morgan fingerprint density at radius 1 is 1.27 bits per heavy atom. The van der Waals surface area contributed by atoms with E-state index in [0.29, 0.717) is 18.5 Å². The van der Waals surface area contributed by atoms with Crippen LogP contribution in [0.3, 0.4) is 0 Å². The summed E-state index contributed by atoms with van der Waals surface area (Å²) in [5.41, 5.74) is 9.88. The van der Waals surface area contributed by atoms with Crippen molar-refractivity contribution in [2.75, 3.05) is 11.1 Å². The zero-order chi connectivity index (χ0) is 19.5. The lowest BCUT2D eigenvalue weighted by Gasteiger charge is -2.38. The minimum atomic E-state index is -3.66. The predicted molar refractivity (Wildman–Crippen MR) is 98.0 cm³/mol. The monoisotopic (exact) mass is 382 g/mol. The van der Waals surface area contributed by atoms with E-state index in [0.717, 1.165) is 0 Å².